The number of amides is 1. The maximum Gasteiger partial charge on any atom is 0.275 e. The summed E-state index contributed by atoms with van der Waals surface area (Å²) in [5.41, 5.74) is 0.525. The average Bonchev–Trinajstić information content (AvgIpc) is 2.58. The van der Waals surface area contributed by atoms with Crippen molar-refractivity contribution in [1.29, 1.82) is 0 Å². The third-order valence-electron chi connectivity index (χ3n) is 3.06. The summed E-state index contributed by atoms with van der Waals surface area (Å²) in [6.45, 7) is 3.94. The van der Waals surface area contributed by atoms with Gasteiger partial charge in [-0.1, -0.05) is 6.92 Å². The van der Waals surface area contributed by atoms with E-state index < -0.39 is 0 Å². The van der Waals surface area contributed by atoms with Gasteiger partial charge in [-0.25, -0.2) is 0 Å². The van der Waals surface area contributed by atoms with Gasteiger partial charge in [-0.3, -0.25) is 9.48 Å². The Balaban J connectivity index is 2.10. The normalized spacial score (nSPS) is 17.8. The lowest BCUT2D eigenvalue weighted by atomic mass is 9.99. The van der Waals surface area contributed by atoms with E-state index >= 15 is 0 Å². The second-order valence-corrected chi connectivity index (χ2v) is 5.33. The van der Waals surface area contributed by atoms with Crippen LogP contribution >= 0.6 is 15.9 Å². The van der Waals surface area contributed by atoms with Crippen LogP contribution in [0.1, 0.15) is 30.3 Å². The lowest BCUT2D eigenvalue weighted by Gasteiger charge is -2.29. The number of aromatic nitrogens is 2. The molecule has 0 spiro atoms. The summed E-state index contributed by atoms with van der Waals surface area (Å²) in [6, 6.07) is 0. The van der Waals surface area contributed by atoms with Gasteiger partial charge in [0.25, 0.3) is 5.91 Å². The molecule has 16 heavy (non-hydrogen) atoms. The molecule has 0 saturated carbocycles. The van der Waals surface area contributed by atoms with E-state index in [1.807, 2.05) is 11.9 Å². The topological polar surface area (TPSA) is 38.1 Å². The van der Waals surface area contributed by atoms with Gasteiger partial charge in [0.2, 0.25) is 0 Å². The summed E-state index contributed by atoms with van der Waals surface area (Å²) in [5, 5.41) is 4.18. The average molecular weight is 286 g/mol. The molecule has 5 heteroatoms. The number of likely N-dealkylation sites (tertiary alicyclic amines) is 1. The van der Waals surface area contributed by atoms with Crippen molar-refractivity contribution in [2.45, 2.75) is 19.8 Å². The van der Waals surface area contributed by atoms with Crippen LogP contribution in [0.4, 0.5) is 0 Å². The first-order chi connectivity index (χ1) is 7.58. The van der Waals surface area contributed by atoms with Crippen LogP contribution in [-0.2, 0) is 7.05 Å². The minimum Gasteiger partial charge on any atom is -0.337 e. The van der Waals surface area contributed by atoms with Gasteiger partial charge in [0.1, 0.15) is 0 Å². The van der Waals surface area contributed by atoms with Crippen molar-refractivity contribution >= 4 is 21.8 Å². The maximum atomic E-state index is 12.2. The second kappa shape index (κ2) is 4.57. The van der Waals surface area contributed by atoms with Crippen LogP contribution in [0.3, 0.4) is 0 Å². The SMILES string of the molecule is CC1CCN(C(=O)c2nn(C)cc2Br)CC1. The summed E-state index contributed by atoms with van der Waals surface area (Å²) in [4.78, 5) is 14.1. The summed E-state index contributed by atoms with van der Waals surface area (Å²) < 4.78 is 2.43. The molecule has 0 atom stereocenters. The molecule has 1 aliphatic heterocycles. The molecule has 2 rings (SSSR count). The van der Waals surface area contributed by atoms with Gasteiger partial charge in [-0.2, -0.15) is 5.10 Å². The highest BCUT2D eigenvalue weighted by atomic mass is 79.9. The zero-order valence-electron chi connectivity index (χ0n) is 9.61. The molecule has 0 aromatic carbocycles. The number of piperidine rings is 1. The van der Waals surface area contributed by atoms with Crippen LogP contribution in [0.2, 0.25) is 0 Å². The van der Waals surface area contributed by atoms with Crippen LogP contribution in [0.15, 0.2) is 10.7 Å². The smallest absolute Gasteiger partial charge is 0.275 e. The van der Waals surface area contributed by atoms with Gasteiger partial charge in [0.05, 0.1) is 4.47 Å². The van der Waals surface area contributed by atoms with E-state index in [1.54, 1.807) is 10.9 Å². The lowest BCUT2D eigenvalue weighted by molar-refractivity contribution is 0.0689. The first-order valence-electron chi connectivity index (χ1n) is 5.56. The van der Waals surface area contributed by atoms with Gasteiger partial charge in [-0.05, 0) is 34.7 Å². The van der Waals surface area contributed by atoms with Crippen LogP contribution in [0, 0.1) is 5.92 Å². The lowest BCUT2D eigenvalue weighted by Crippen LogP contribution is -2.38. The number of hydrogen-bond donors (Lipinski definition) is 0. The molecule has 1 amide bonds. The molecule has 0 N–H and O–H groups in total. The Labute approximate surface area is 104 Å². The second-order valence-electron chi connectivity index (χ2n) is 4.47. The number of carbonyl (C=O) groups is 1. The molecule has 0 unspecified atom stereocenters. The van der Waals surface area contributed by atoms with Gasteiger partial charge >= 0.3 is 0 Å². The van der Waals surface area contributed by atoms with Gasteiger partial charge in [0.15, 0.2) is 5.69 Å². The van der Waals surface area contributed by atoms with Crippen molar-refractivity contribution in [1.82, 2.24) is 14.7 Å². The van der Waals surface area contributed by atoms with Crippen LogP contribution < -0.4 is 0 Å². The Morgan fingerprint density at radius 1 is 1.50 bits per heavy atom. The number of nitrogens with zero attached hydrogens (tertiary/aromatic N) is 3. The highest BCUT2D eigenvalue weighted by Gasteiger charge is 2.24. The predicted octanol–water partition coefficient (Wildman–Crippen LogP) is 2.05. The Morgan fingerprint density at radius 3 is 2.62 bits per heavy atom. The number of aryl methyl sites for hydroxylation is 1. The molecule has 0 radical (unpaired) electrons. The first-order valence-corrected chi connectivity index (χ1v) is 6.35. The third-order valence-corrected chi connectivity index (χ3v) is 3.64. The van der Waals surface area contributed by atoms with Gasteiger partial charge in [0, 0.05) is 26.3 Å². The molecule has 2 heterocycles. The largest absolute Gasteiger partial charge is 0.337 e. The molecular formula is C11H16BrN3O. The fourth-order valence-corrected chi connectivity index (χ4v) is 2.51. The van der Waals surface area contributed by atoms with E-state index in [1.165, 1.54) is 0 Å². The fourth-order valence-electron chi connectivity index (χ4n) is 1.97. The Kier molecular flexibility index (Phi) is 3.33. The van der Waals surface area contributed by atoms with Crippen LogP contribution in [-0.4, -0.2) is 33.7 Å². The standard InChI is InChI=1S/C11H16BrN3O/c1-8-3-5-15(6-4-8)11(16)10-9(12)7-14(2)13-10/h7-8H,3-6H2,1-2H3. The Morgan fingerprint density at radius 2 is 2.12 bits per heavy atom. The first kappa shape index (κ1) is 11.6. The van der Waals surface area contributed by atoms with E-state index in [4.69, 9.17) is 0 Å². The van der Waals surface area contributed by atoms with Crippen molar-refractivity contribution in [3.05, 3.63) is 16.4 Å². The monoisotopic (exact) mass is 285 g/mol. The van der Waals surface area contributed by atoms with Crippen molar-refractivity contribution in [3.8, 4) is 0 Å². The molecule has 1 aliphatic rings. The van der Waals surface area contributed by atoms with E-state index in [0.29, 0.717) is 5.69 Å². The summed E-state index contributed by atoms with van der Waals surface area (Å²) in [6.07, 6.45) is 3.99. The number of halogens is 1. The molecule has 1 aromatic rings. The van der Waals surface area contributed by atoms with E-state index in [0.717, 1.165) is 36.3 Å². The molecular weight excluding hydrogens is 270 g/mol. The molecule has 1 aromatic heterocycles. The molecule has 0 bridgehead atoms. The molecule has 88 valence electrons. The Hall–Kier alpha value is -0.840. The van der Waals surface area contributed by atoms with Crippen molar-refractivity contribution in [3.63, 3.8) is 0 Å². The van der Waals surface area contributed by atoms with Crippen molar-refractivity contribution in [2.24, 2.45) is 13.0 Å². The minimum absolute atomic E-state index is 0.0411. The van der Waals surface area contributed by atoms with Gasteiger partial charge < -0.3 is 4.90 Å². The summed E-state index contributed by atoms with van der Waals surface area (Å²) in [7, 11) is 1.82. The fraction of sp³-hybridized carbons (Fsp3) is 0.636. The molecule has 1 saturated heterocycles. The minimum atomic E-state index is 0.0411. The van der Waals surface area contributed by atoms with E-state index in [-0.39, 0.29) is 5.91 Å². The van der Waals surface area contributed by atoms with Crippen molar-refractivity contribution in [2.75, 3.05) is 13.1 Å². The summed E-state index contributed by atoms with van der Waals surface area (Å²) in [5.74, 6) is 0.774. The van der Waals surface area contributed by atoms with Gasteiger partial charge in [-0.15, -0.1) is 0 Å². The summed E-state index contributed by atoms with van der Waals surface area (Å²) >= 11 is 3.37. The molecule has 1 fully saturated rings. The Bertz CT molecular complexity index is 394. The third kappa shape index (κ3) is 2.29. The van der Waals surface area contributed by atoms with Crippen molar-refractivity contribution < 1.29 is 4.79 Å². The highest BCUT2D eigenvalue weighted by Crippen LogP contribution is 2.21. The number of hydrogen-bond acceptors (Lipinski definition) is 2. The van der Waals surface area contributed by atoms with E-state index in [2.05, 4.69) is 28.0 Å². The highest BCUT2D eigenvalue weighted by molar-refractivity contribution is 9.10. The van der Waals surface area contributed by atoms with E-state index in [9.17, 15) is 4.79 Å². The molecule has 4 nitrogen and oxygen atoms in total. The number of rotatable bonds is 1. The quantitative estimate of drug-likeness (QED) is 0.792. The maximum absolute atomic E-state index is 12.2. The van der Waals surface area contributed by atoms with Crippen LogP contribution in [0.25, 0.3) is 0 Å². The van der Waals surface area contributed by atoms with Crippen LogP contribution in [0.5, 0.6) is 0 Å². The zero-order chi connectivity index (χ0) is 11.7. The molecule has 0 aliphatic carbocycles. The number of carbonyl (C=O) groups excluding carboxylic acids is 1. The zero-order valence-corrected chi connectivity index (χ0v) is 11.2. The predicted molar refractivity (Wildman–Crippen MR) is 65.2 cm³/mol.